The fourth-order valence-electron chi connectivity index (χ4n) is 3.61. The summed E-state index contributed by atoms with van der Waals surface area (Å²) in [5.41, 5.74) is 3.93. The van der Waals surface area contributed by atoms with Gasteiger partial charge in [0.2, 0.25) is 0 Å². The quantitative estimate of drug-likeness (QED) is 0.431. The Morgan fingerprint density at radius 3 is 2.41 bits per heavy atom. The molecule has 3 aromatic heterocycles. The van der Waals surface area contributed by atoms with Crippen molar-refractivity contribution in [3.63, 3.8) is 0 Å². The molecule has 1 aromatic carbocycles. The highest BCUT2D eigenvalue weighted by atomic mass is 19.1. The molecule has 0 aliphatic heterocycles. The van der Waals surface area contributed by atoms with E-state index < -0.39 is 17.5 Å². The average Bonchev–Trinajstić information content (AvgIpc) is 2.76. The maximum atomic E-state index is 15.6. The standard InChI is InChI=1S/C26H26FN5O2/c1-15-8-18(9-16(2)31-15)22-13-28-14-23(32-22)20-7-6-17-11-29-19(10-21(17)24(20)27)12-30-25(33)34-26(3,4)5/h6-11,13-14H,12H2,1-5H3,(H,30,33). The van der Waals surface area contributed by atoms with Crippen LogP contribution in [0.5, 0.6) is 0 Å². The molecule has 0 fully saturated rings. The summed E-state index contributed by atoms with van der Waals surface area (Å²) in [7, 11) is 0. The van der Waals surface area contributed by atoms with E-state index in [1.807, 2.05) is 26.0 Å². The van der Waals surface area contributed by atoms with Crippen molar-refractivity contribution >= 4 is 16.9 Å². The number of pyridine rings is 2. The molecule has 1 amide bonds. The van der Waals surface area contributed by atoms with Gasteiger partial charge in [0.25, 0.3) is 0 Å². The van der Waals surface area contributed by atoms with Gasteiger partial charge < -0.3 is 10.1 Å². The Balaban J connectivity index is 1.65. The number of rotatable bonds is 4. The van der Waals surface area contributed by atoms with Crippen LogP contribution in [0.4, 0.5) is 9.18 Å². The molecule has 7 nitrogen and oxygen atoms in total. The van der Waals surface area contributed by atoms with E-state index in [1.165, 1.54) is 0 Å². The Hall–Kier alpha value is -3.94. The van der Waals surface area contributed by atoms with Gasteiger partial charge in [-0.3, -0.25) is 15.0 Å². The van der Waals surface area contributed by atoms with Crippen LogP contribution in [0, 0.1) is 19.7 Å². The zero-order valence-corrected chi connectivity index (χ0v) is 19.8. The van der Waals surface area contributed by atoms with Gasteiger partial charge in [-0.05, 0) is 58.9 Å². The molecule has 0 atom stereocenters. The maximum Gasteiger partial charge on any atom is 0.407 e. The van der Waals surface area contributed by atoms with Gasteiger partial charge in [-0.2, -0.15) is 0 Å². The number of hydrogen-bond donors (Lipinski definition) is 1. The Labute approximate surface area is 197 Å². The number of nitrogens with zero attached hydrogens (tertiary/aromatic N) is 4. The van der Waals surface area contributed by atoms with Gasteiger partial charge in [-0.25, -0.2) is 14.2 Å². The van der Waals surface area contributed by atoms with Crippen LogP contribution in [0.2, 0.25) is 0 Å². The molecule has 4 rings (SSSR count). The smallest absolute Gasteiger partial charge is 0.407 e. The summed E-state index contributed by atoms with van der Waals surface area (Å²) in [6.45, 7) is 9.30. The second-order valence-corrected chi connectivity index (χ2v) is 9.11. The van der Waals surface area contributed by atoms with Crippen LogP contribution in [0.1, 0.15) is 37.9 Å². The van der Waals surface area contributed by atoms with Crippen LogP contribution in [0.15, 0.2) is 48.9 Å². The fourth-order valence-corrected chi connectivity index (χ4v) is 3.61. The number of benzene rings is 1. The minimum Gasteiger partial charge on any atom is -0.444 e. The van der Waals surface area contributed by atoms with Gasteiger partial charge in [0.1, 0.15) is 11.4 Å². The van der Waals surface area contributed by atoms with E-state index in [4.69, 9.17) is 4.74 Å². The van der Waals surface area contributed by atoms with Crippen LogP contribution in [0.3, 0.4) is 0 Å². The normalized spacial score (nSPS) is 11.5. The second kappa shape index (κ2) is 9.13. The SMILES string of the molecule is Cc1cc(-c2cncc(-c3ccc4cnc(CNC(=O)OC(C)(C)C)cc4c3F)n2)cc(C)n1. The number of carbonyl (C=O) groups is 1. The van der Waals surface area contributed by atoms with E-state index in [0.717, 1.165) is 17.0 Å². The van der Waals surface area contributed by atoms with E-state index in [1.54, 1.807) is 57.6 Å². The summed E-state index contributed by atoms with van der Waals surface area (Å²) >= 11 is 0. The molecule has 0 spiro atoms. The number of aromatic nitrogens is 4. The summed E-state index contributed by atoms with van der Waals surface area (Å²) in [5.74, 6) is -0.424. The zero-order chi connectivity index (χ0) is 24.5. The van der Waals surface area contributed by atoms with Crippen molar-refractivity contribution in [2.45, 2.75) is 46.8 Å². The van der Waals surface area contributed by atoms with Crippen LogP contribution in [-0.4, -0.2) is 31.6 Å². The zero-order valence-electron chi connectivity index (χ0n) is 19.8. The molecule has 174 valence electrons. The highest BCUT2D eigenvalue weighted by Gasteiger charge is 2.17. The van der Waals surface area contributed by atoms with Gasteiger partial charge in [0, 0.05) is 39.5 Å². The van der Waals surface area contributed by atoms with Crippen molar-refractivity contribution in [3.8, 4) is 22.5 Å². The van der Waals surface area contributed by atoms with Gasteiger partial charge >= 0.3 is 6.09 Å². The molecule has 34 heavy (non-hydrogen) atoms. The van der Waals surface area contributed by atoms with E-state index in [9.17, 15) is 4.79 Å². The lowest BCUT2D eigenvalue weighted by Gasteiger charge is -2.19. The number of ether oxygens (including phenoxy) is 1. The molecule has 0 bridgehead atoms. The Morgan fingerprint density at radius 1 is 1.00 bits per heavy atom. The third-order valence-corrected chi connectivity index (χ3v) is 4.99. The molecule has 0 aliphatic carbocycles. The topological polar surface area (TPSA) is 89.9 Å². The number of nitrogens with one attached hydrogen (secondary N) is 1. The molecule has 0 radical (unpaired) electrons. The van der Waals surface area contributed by atoms with E-state index in [0.29, 0.717) is 33.4 Å². The van der Waals surface area contributed by atoms with Crippen LogP contribution in [-0.2, 0) is 11.3 Å². The lowest BCUT2D eigenvalue weighted by Crippen LogP contribution is -2.32. The Bertz CT molecular complexity index is 1360. The monoisotopic (exact) mass is 459 g/mol. The number of amides is 1. The molecule has 0 aliphatic rings. The maximum absolute atomic E-state index is 15.6. The molecule has 4 aromatic rings. The summed E-state index contributed by atoms with van der Waals surface area (Å²) in [5, 5.41) is 3.68. The molecule has 1 N–H and O–H groups in total. The highest BCUT2D eigenvalue weighted by molar-refractivity contribution is 5.87. The van der Waals surface area contributed by atoms with E-state index in [-0.39, 0.29) is 6.54 Å². The number of fused-ring (bicyclic) bond motifs is 1. The van der Waals surface area contributed by atoms with Crippen molar-refractivity contribution in [1.82, 2.24) is 25.3 Å². The summed E-state index contributed by atoms with van der Waals surface area (Å²) < 4.78 is 20.8. The van der Waals surface area contributed by atoms with Gasteiger partial charge in [-0.15, -0.1) is 0 Å². The third-order valence-electron chi connectivity index (χ3n) is 4.99. The predicted octanol–water partition coefficient (Wildman–Crippen LogP) is 5.53. The molecule has 0 saturated heterocycles. The average molecular weight is 460 g/mol. The van der Waals surface area contributed by atoms with Crippen molar-refractivity contribution in [2.75, 3.05) is 0 Å². The minimum atomic E-state index is -0.606. The van der Waals surface area contributed by atoms with Crippen LogP contribution in [0.25, 0.3) is 33.3 Å². The van der Waals surface area contributed by atoms with Gasteiger partial charge in [-0.1, -0.05) is 6.07 Å². The van der Waals surface area contributed by atoms with Crippen molar-refractivity contribution < 1.29 is 13.9 Å². The van der Waals surface area contributed by atoms with Crippen LogP contribution >= 0.6 is 0 Å². The fraction of sp³-hybridized carbons (Fsp3) is 0.269. The first-order valence-electron chi connectivity index (χ1n) is 10.9. The number of halogens is 1. The molecule has 3 heterocycles. The number of hydrogen-bond acceptors (Lipinski definition) is 6. The first-order chi connectivity index (χ1) is 16.1. The first-order valence-corrected chi connectivity index (χ1v) is 10.9. The molecule has 0 unspecified atom stereocenters. The van der Waals surface area contributed by atoms with Crippen molar-refractivity contribution in [3.05, 3.63) is 71.8 Å². The van der Waals surface area contributed by atoms with E-state index in [2.05, 4.69) is 25.3 Å². The molecular formula is C26H26FN5O2. The van der Waals surface area contributed by atoms with Crippen LogP contribution < -0.4 is 5.32 Å². The number of aryl methyl sites for hydroxylation is 2. The molecular weight excluding hydrogens is 433 g/mol. The number of carbonyl (C=O) groups excluding carboxylic acids is 1. The molecule has 0 saturated carbocycles. The lowest BCUT2D eigenvalue weighted by atomic mass is 10.0. The first kappa shape index (κ1) is 23.2. The number of alkyl carbamates (subject to hydrolysis) is 1. The predicted molar refractivity (Wildman–Crippen MR) is 129 cm³/mol. The Morgan fingerprint density at radius 2 is 1.71 bits per heavy atom. The summed E-state index contributed by atoms with van der Waals surface area (Å²) in [4.78, 5) is 29.6. The van der Waals surface area contributed by atoms with Crippen molar-refractivity contribution in [1.29, 1.82) is 0 Å². The van der Waals surface area contributed by atoms with E-state index >= 15 is 4.39 Å². The third kappa shape index (κ3) is 5.33. The largest absolute Gasteiger partial charge is 0.444 e. The minimum absolute atomic E-state index is 0.116. The lowest BCUT2D eigenvalue weighted by molar-refractivity contribution is 0.0523. The second-order valence-electron chi connectivity index (χ2n) is 9.11. The Kier molecular flexibility index (Phi) is 6.24. The highest BCUT2D eigenvalue weighted by Crippen LogP contribution is 2.29. The summed E-state index contributed by atoms with van der Waals surface area (Å²) in [6, 6.07) is 8.94. The molecule has 8 heteroatoms. The van der Waals surface area contributed by atoms with Crippen molar-refractivity contribution in [2.24, 2.45) is 0 Å². The van der Waals surface area contributed by atoms with Gasteiger partial charge in [0.05, 0.1) is 36.0 Å². The van der Waals surface area contributed by atoms with Gasteiger partial charge in [0.15, 0.2) is 0 Å². The summed E-state index contributed by atoms with van der Waals surface area (Å²) in [6.07, 6.45) is 4.22.